The predicted molar refractivity (Wildman–Crippen MR) is 51.8 cm³/mol. The summed E-state index contributed by atoms with van der Waals surface area (Å²) >= 11 is 6.05. The van der Waals surface area contributed by atoms with Crippen LogP contribution in [-0.2, 0) is 4.74 Å². The fourth-order valence-electron chi connectivity index (χ4n) is 1.63. The molecular formula is C9H18ClNO. The maximum absolute atomic E-state index is 6.05. The zero-order chi connectivity index (χ0) is 8.81. The minimum atomic E-state index is 0.376. The average molecular weight is 192 g/mol. The first-order valence-corrected chi connectivity index (χ1v) is 5.12. The van der Waals surface area contributed by atoms with Crippen molar-refractivity contribution in [2.24, 2.45) is 0 Å². The first-order chi connectivity index (χ1) is 5.83. The first-order valence-electron chi connectivity index (χ1n) is 4.68. The van der Waals surface area contributed by atoms with Crippen molar-refractivity contribution in [3.05, 3.63) is 0 Å². The molecule has 1 rings (SSSR count). The summed E-state index contributed by atoms with van der Waals surface area (Å²) in [6, 6.07) is 0. The monoisotopic (exact) mass is 191 g/mol. The van der Waals surface area contributed by atoms with Crippen molar-refractivity contribution in [3.63, 3.8) is 0 Å². The fourth-order valence-corrected chi connectivity index (χ4v) is 1.98. The molecule has 1 fully saturated rings. The summed E-state index contributed by atoms with van der Waals surface area (Å²) in [5, 5.41) is 0.376. The van der Waals surface area contributed by atoms with E-state index in [2.05, 4.69) is 4.90 Å². The molecule has 1 aliphatic heterocycles. The molecule has 1 heterocycles. The Kier molecular flexibility index (Phi) is 4.96. The number of halogens is 1. The predicted octanol–water partition coefficient (Wildman–Crippen LogP) is 1.73. The average Bonchev–Trinajstić information content (AvgIpc) is 2.05. The Morgan fingerprint density at radius 1 is 1.58 bits per heavy atom. The van der Waals surface area contributed by atoms with Crippen molar-refractivity contribution >= 4 is 11.6 Å². The molecule has 0 radical (unpaired) electrons. The van der Waals surface area contributed by atoms with E-state index in [1.54, 1.807) is 7.11 Å². The number of ether oxygens (including phenoxy) is 1. The zero-order valence-electron chi connectivity index (χ0n) is 7.76. The van der Waals surface area contributed by atoms with E-state index in [9.17, 15) is 0 Å². The molecule has 0 aromatic heterocycles. The van der Waals surface area contributed by atoms with Gasteiger partial charge in [-0.15, -0.1) is 11.6 Å². The summed E-state index contributed by atoms with van der Waals surface area (Å²) < 4.78 is 5.00. The normalized spacial score (nSPS) is 26.0. The lowest BCUT2D eigenvalue weighted by atomic mass is 10.1. The molecule has 2 nitrogen and oxygen atoms in total. The molecule has 0 bridgehead atoms. The third kappa shape index (κ3) is 3.74. The Hall–Kier alpha value is 0.210. The molecule has 0 spiro atoms. The molecule has 0 N–H and O–H groups in total. The van der Waals surface area contributed by atoms with E-state index >= 15 is 0 Å². The Balaban J connectivity index is 2.06. The van der Waals surface area contributed by atoms with Gasteiger partial charge in [0.25, 0.3) is 0 Å². The first kappa shape index (κ1) is 10.3. The van der Waals surface area contributed by atoms with Crippen LogP contribution in [0.25, 0.3) is 0 Å². The van der Waals surface area contributed by atoms with Gasteiger partial charge in [0.1, 0.15) is 0 Å². The van der Waals surface area contributed by atoms with Crippen LogP contribution in [0.4, 0.5) is 0 Å². The Morgan fingerprint density at radius 3 is 3.08 bits per heavy atom. The molecule has 1 unspecified atom stereocenters. The van der Waals surface area contributed by atoms with Crippen LogP contribution >= 0.6 is 11.6 Å². The van der Waals surface area contributed by atoms with Crippen LogP contribution in [0.5, 0.6) is 0 Å². The van der Waals surface area contributed by atoms with E-state index in [0.29, 0.717) is 5.38 Å². The van der Waals surface area contributed by atoms with Gasteiger partial charge in [-0.05, 0) is 25.8 Å². The second-order valence-electron chi connectivity index (χ2n) is 3.39. The minimum Gasteiger partial charge on any atom is -0.385 e. The van der Waals surface area contributed by atoms with Crippen LogP contribution in [0.1, 0.15) is 19.3 Å². The number of rotatable bonds is 4. The van der Waals surface area contributed by atoms with Crippen molar-refractivity contribution in [3.8, 4) is 0 Å². The summed E-state index contributed by atoms with van der Waals surface area (Å²) in [7, 11) is 1.75. The van der Waals surface area contributed by atoms with Gasteiger partial charge in [0.05, 0.1) is 0 Å². The number of alkyl halides is 1. The highest BCUT2D eigenvalue weighted by Gasteiger charge is 2.16. The number of methoxy groups -OCH3 is 1. The van der Waals surface area contributed by atoms with E-state index in [-0.39, 0.29) is 0 Å². The minimum absolute atomic E-state index is 0.376. The molecule has 0 aromatic rings. The number of hydrogen-bond donors (Lipinski definition) is 0. The maximum atomic E-state index is 6.05. The highest BCUT2D eigenvalue weighted by Crippen LogP contribution is 2.14. The van der Waals surface area contributed by atoms with Gasteiger partial charge < -0.3 is 9.64 Å². The van der Waals surface area contributed by atoms with E-state index in [0.717, 1.165) is 26.1 Å². The van der Waals surface area contributed by atoms with Crippen molar-refractivity contribution in [1.82, 2.24) is 4.90 Å². The molecule has 12 heavy (non-hydrogen) atoms. The molecule has 0 amide bonds. The quantitative estimate of drug-likeness (QED) is 0.496. The standard InChI is InChI=1S/C9H18ClNO/c1-12-7-3-6-11-5-2-4-9(10)8-11/h9H,2-8H2,1H3. The Labute approximate surface area is 79.8 Å². The highest BCUT2D eigenvalue weighted by molar-refractivity contribution is 6.20. The number of hydrogen-bond acceptors (Lipinski definition) is 2. The van der Waals surface area contributed by atoms with Crippen molar-refractivity contribution < 1.29 is 4.74 Å². The van der Waals surface area contributed by atoms with E-state index < -0.39 is 0 Å². The second kappa shape index (κ2) is 5.79. The number of piperidine rings is 1. The molecule has 0 aromatic carbocycles. The van der Waals surface area contributed by atoms with Gasteiger partial charge in [-0.3, -0.25) is 0 Å². The van der Waals surface area contributed by atoms with Crippen LogP contribution < -0.4 is 0 Å². The van der Waals surface area contributed by atoms with Crippen molar-refractivity contribution in [2.75, 3.05) is 33.4 Å². The highest BCUT2D eigenvalue weighted by atomic mass is 35.5. The van der Waals surface area contributed by atoms with Gasteiger partial charge in [-0.2, -0.15) is 0 Å². The van der Waals surface area contributed by atoms with Gasteiger partial charge in [-0.1, -0.05) is 0 Å². The largest absolute Gasteiger partial charge is 0.385 e. The van der Waals surface area contributed by atoms with Gasteiger partial charge in [-0.25, -0.2) is 0 Å². The molecule has 1 saturated heterocycles. The topological polar surface area (TPSA) is 12.5 Å². The molecular weight excluding hydrogens is 174 g/mol. The van der Waals surface area contributed by atoms with Crippen LogP contribution in [0.2, 0.25) is 0 Å². The Morgan fingerprint density at radius 2 is 2.42 bits per heavy atom. The summed E-state index contributed by atoms with van der Waals surface area (Å²) in [4.78, 5) is 2.43. The molecule has 1 atom stereocenters. The molecule has 1 aliphatic rings. The summed E-state index contributed by atoms with van der Waals surface area (Å²) in [5.41, 5.74) is 0. The van der Waals surface area contributed by atoms with Gasteiger partial charge in [0.2, 0.25) is 0 Å². The van der Waals surface area contributed by atoms with Crippen LogP contribution in [0.3, 0.4) is 0 Å². The second-order valence-corrected chi connectivity index (χ2v) is 4.00. The van der Waals surface area contributed by atoms with Gasteiger partial charge in [0.15, 0.2) is 0 Å². The molecule has 72 valence electrons. The van der Waals surface area contributed by atoms with Gasteiger partial charge in [0, 0.05) is 32.2 Å². The third-order valence-corrected chi connectivity index (χ3v) is 2.63. The lowest BCUT2D eigenvalue weighted by Gasteiger charge is -2.29. The lowest BCUT2D eigenvalue weighted by molar-refractivity contribution is 0.163. The van der Waals surface area contributed by atoms with Crippen molar-refractivity contribution in [1.29, 1.82) is 0 Å². The van der Waals surface area contributed by atoms with Crippen LogP contribution in [0, 0.1) is 0 Å². The van der Waals surface area contributed by atoms with E-state index in [4.69, 9.17) is 16.3 Å². The molecule has 3 heteroatoms. The number of likely N-dealkylation sites (tertiary alicyclic amines) is 1. The third-order valence-electron chi connectivity index (χ3n) is 2.27. The molecule has 0 aliphatic carbocycles. The lowest BCUT2D eigenvalue weighted by Crippen LogP contribution is -2.36. The van der Waals surface area contributed by atoms with Gasteiger partial charge >= 0.3 is 0 Å². The Bertz CT molecular complexity index is 121. The summed E-state index contributed by atoms with van der Waals surface area (Å²) in [6.45, 7) is 4.28. The van der Waals surface area contributed by atoms with Crippen LogP contribution in [-0.4, -0.2) is 43.6 Å². The van der Waals surface area contributed by atoms with E-state index in [1.165, 1.54) is 19.4 Å². The molecule has 0 saturated carbocycles. The van der Waals surface area contributed by atoms with Crippen LogP contribution in [0.15, 0.2) is 0 Å². The number of nitrogens with zero attached hydrogens (tertiary/aromatic N) is 1. The fraction of sp³-hybridized carbons (Fsp3) is 1.00. The summed E-state index contributed by atoms with van der Waals surface area (Å²) in [5.74, 6) is 0. The maximum Gasteiger partial charge on any atom is 0.0474 e. The van der Waals surface area contributed by atoms with E-state index in [1.807, 2.05) is 0 Å². The zero-order valence-corrected chi connectivity index (χ0v) is 8.52. The van der Waals surface area contributed by atoms with Crippen molar-refractivity contribution in [2.45, 2.75) is 24.6 Å². The summed E-state index contributed by atoms with van der Waals surface area (Å²) in [6.07, 6.45) is 3.56. The smallest absolute Gasteiger partial charge is 0.0474 e. The SMILES string of the molecule is COCCCN1CCCC(Cl)C1.